The highest BCUT2D eigenvalue weighted by Crippen LogP contribution is 2.25. The summed E-state index contributed by atoms with van der Waals surface area (Å²) in [6.45, 7) is 6.37. The Kier molecular flexibility index (Phi) is 4.27. The van der Waals surface area contributed by atoms with E-state index in [1.54, 1.807) is 0 Å². The molecule has 1 unspecified atom stereocenters. The van der Waals surface area contributed by atoms with Crippen molar-refractivity contribution in [3.05, 3.63) is 46.7 Å². The van der Waals surface area contributed by atoms with Crippen molar-refractivity contribution in [1.82, 2.24) is 15.1 Å². The van der Waals surface area contributed by atoms with E-state index in [2.05, 4.69) is 37.3 Å². The molecule has 102 valence electrons. The van der Waals surface area contributed by atoms with Crippen molar-refractivity contribution in [2.45, 2.75) is 32.7 Å². The van der Waals surface area contributed by atoms with E-state index in [0.29, 0.717) is 5.92 Å². The summed E-state index contributed by atoms with van der Waals surface area (Å²) in [5.74, 6) is 0.420. The molecule has 0 aliphatic heterocycles. The third-order valence-electron chi connectivity index (χ3n) is 3.35. The summed E-state index contributed by atoms with van der Waals surface area (Å²) >= 11 is 6.37. The number of aromatic nitrogens is 2. The molecule has 2 rings (SSSR count). The normalized spacial score (nSPS) is 12.9. The molecule has 3 nitrogen and oxygen atoms in total. The summed E-state index contributed by atoms with van der Waals surface area (Å²) in [6, 6.07) is 8.41. The molecular weight excluding hydrogens is 258 g/mol. The molecule has 0 radical (unpaired) electrons. The van der Waals surface area contributed by atoms with E-state index >= 15 is 0 Å². The fourth-order valence-electron chi connectivity index (χ4n) is 1.93. The summed E-state index contributed by atoms with van der Waals surface area (Å²) in [6.07, 6.45) is 1.96. The summed E-state index contributed by atoms with van der Waals surface area (Å²) in [5, 5.41) is 8.48. The van der Waals surface area contributed by atoms with Crippen LogP contribution in [-0.4, -0.2) is 16.8 Å². The van der Waals surface area contributed by atoms with E-state index in [4.69, 9.17) is 11.6 Å². The Morgan fingerprint density at radius 3 is 2.47 bits per heavy atom. The molecule has 1 N–H and O–H groups in total. The summed E-state index contributed by atoms with van der Waals surface area (Å²) in [5.41, 5.74) is 3.16. The molecule has 1 aromatic carbocycles. The lowest BCUT2D eigenvalue weighted by Gasteiger charge is -2.13. The van der Waals surface area contributed by atoms with Crippen LogP contribution in [0.3, 0.4) is 0 Å². The zero-order chi connectivity index (χ0) is 14.0. The maximum atomic E-state index is 6.37. The van der Waals surface area contributed by atoms with Gasteiger partial charge in [-0.3, -0.25) is 0 Å². The maximum absolute atomic E-state index is 6.37. The van der Waals surface area contributed by atoms with Crippen molar-refractivity contribution in [3.63, 3.8) is 0 Å². The molecule has 0 aliphatic carbocycles. The van der Waals surface area contributed by atoms with Gasteiger partial charge in [-0.25, -0.2) is 4.68 Å². The Morgan fingerprint density at radius 2 is 1.95 bits per heavy atom. The van der Waals surface area contributed by atoms with Gasteiger partial charge in [0.2, 0.25) is 0 Å². The Labute approximate surface area is 119 Å². The van der Waals surface area contributed by atoms with Crippen LogP contribution in [0, 0.1) is 0 Å². The number of halogens is 1. The predicted octanol–water partition coefficient (Wildman–Crippen LogP) is 3.93. The molecule has 0 saturated heterocycles. The number of hydrogen-bond acceptors (Lipinski definition) is 2. The average molecular weight is 278 g/mol. The predicted molar refractivity (Wildman–Crippen MR) is 80.1 cm³/mol. The molecule has 0 spiro atoms. The highest BCUT2D eigenvalue weighted by atomic mass is 35.5. The minimum absolute atomic E-state index is 0.287. The van der Waals surface area contributed by atoms with Crippen molar-refractivity contribution in [1.29, 1.82) is 0 Å². The van der Waals surface area contributed by atoms with Crippen LogP contribution in [0.5, 0.6) is 0 Å². The monoisotopic (exact) mass is 277 g/mol. The molecule has 0 fully saturated rings. The maximum Gasteiger partial charge on any atom is 0.0832 e. The summed E-state index contributed by atoms with van der Waals surface area (Å²) in [7, 11) is 1.94. The molecule has 1 aromatic heterocycles. The molecule has 2 aromatic rings. The Balaban J connectivity index is 2.34. The largest absolute Gasteiger partial charge is 0.313 e. The first-order valence-corrected chi connectivity index (χ1v) is 6.93. The van der Waals surface area contributed by atoms with E-state index < -0.39 is 0 Å². The van der Waals surface area contributed by atoms with Crippen molar-refractivity contribution in [2.24, 2.45) is 0 Å². The fraction of sp³-hybridized carbons (Fsp3) is 0.400. The van der Waals surface area contributed by atoms with Gasteiger partial charge in [-0.1, -0.05) is 31.5 Å². The van der Waals surface area contributed by atoms with Gasteiger partial charge in [0.1, 0.15) is 0 Å². The van der Waals surface area contributed by atoms with E-state index in [-0.39, 0.29) is 6.04 Å². The SMILES string of the molecule is CNC(C)c1ccc(-n2ccc(C(C)C)n2)c(Cl)c1. The second-order valence-corrected chi connectivity index (χ2v) is 5.47. The summed E-state index contributed by atoms with van der Waals surface area (Å²) < 4.78 is 1.84. The Bertz CT molecular complexity index is 560. The van der Waals surface area contributed by atoms with Gasteiger partial charge in [-0.15, -0.1) is 0 Å². The molecular formula is C15H20ClN3. The smallest absolute Gasteiger partial charge is 0.0832 e. The number of hydrogen-bond donors (Lipinski definition) is 1. The van der Waals surface area contributed by atoms with Crippen molar-refractivity contribution in [2.75, 3.05) is 7.05 Å². The highest BCUT2D eigenvalue weighted by molar-refractivity contribution is 6.32. The van der Waals surface area contributed by atoms with Gasteiger partial charge in [0, 0.05) is 12.2 Å². The number of rotatable bonds is 4. The molecule has 19 heavy (non-hydrogen) atoms. The van der Waals surface area contributed by atoms with Crippen LogP contribution in [-0.2, 0) is 0 Å². The topological polar surface area (TPSA) is 29.9 Å². The standard InChI is InChI=1S/C15H20ClN3/c1-10(2)14-7-8-19(18-14)15-6-5-12(9-13(15)16)11(3)17-4/h5-11,17H,1-4H3. The second-order valence-electron chi connectivity index (χ2n) is 5.06. The third kappa shape index (κ3) is 2.99. The first-order valence-electron chi connectivity index (χ1n) is 6.55. The van der Waals surface area contributed by atoms with E-state index in [1.165, 1.54) is 5.56 Å². The van der Waals surface area contributed by atoms with E-state index in [9.17, 15) is 0 Å². The van der Waals surface area contributed by atoms with Gasteiger partial charge < -0.3 is 5.32 Å². The third-order valence-corrected chi connectivity index (χ3v) is 3.66. The zero-order valence-corrected chi connectivity index (χ0v) is 12.6. The first kappa shape index (κ1) is 14.1. The van der Waals surface area contributed by atoms with Gasteiger partial charge in [0.25, 0.3) is 0 Å². The minimum atomic E-state index is 0.287. The first-order chi connectivity index (χ1) is 9.02. The van der Waals surface area contributed by atoms with Gasteiger partial charge in [-0.05, 0) is 43.7 Å². The molecule has 4 heteroatoms. The lowest BCUT2D eigenvalue weighted by Crippen LogP contribution is -2.12. The molecule has 0 aliphatic rings. The molecule has 0 bridgehead atoms. The van der Waals surface area contributed by atoms with Gasteiger partial charge in [0.15, 0.2) is 0 Å². The van der Waals surface area contributed by atoms with Crippen molar-refractivity contribution >= 4 is 11.6 Å². The van der Waals surface area contributed by atoms with Crippen molar-refractivity contribution < 1.29 is 0 Å². The highest BCUT2D eigenvalue weighted by Gasteiger charge is 2.10. The number of nitrogens with one attached hydrogen (secondary N) is 1. The van der Waals surface area contributed by atoms with Crippen molar-refractivity contribution in [3.8, 4) is 5.69 Å². The van der Waals surface area contributed by atoms with Gasteiger partial charge in [0.05, 0.1) is 16.4 Å². The zero-order valence-electron chi connectivity index (χ0n) is 11.8. The van der Waals surface area contributed by atoms with Crippen LogP contribution in [0.1, 0.15) is 44.0 Å². The van der Waals surface area contributed by atoms with Crippen LogP contribution in [0.15, 0.2) is 30.5 Å². The molecule has 0 amide bonds. The van der Waals surface area contributed by atoms with Crippen LogP contribution >= 0.6 is 11.6 Å². The van der Waals surface area contributed by atoms with Crippen LogP contribution in [0.25, 0.3) is 5.69 Å². The van der Waals surface area contributed by atoms with Crippen LogP contribution in [0.2, 0.25) is 5.02 Å². The Hall–Kier alpha value is -1.32. The van der Waals surface area contributed by atoms with Gasteiger partial charge >= 0.3 is 0 Å². The fourth-order valence-corrected chi connectivity index (χ4v) is 2.20. The van der Waals surface area contributed by atoms with Crippen LogP contribution in [0.4, 0.5) is 0 Å². The minimum Gasteiger partial charge on any atom is -0.313 e. The summed E-state index contributed by atoms with van der Waals surface area (Å²) in [4.78, 5) is 0. The van der Waals surface area contributed by atoms with E-state index in [1.807, 2.05) is 36.1 Å². The average Bonchev–Trinajstić information content (AvgIpc) is 2.87. The lowest BCUT2D eigenvalue weighted by molar-refractivity contribution is 0.652. The van der Waals surface area contributed by atoms with Crippen LogP contribution < -0.4 is 5.32 Å². The lowest BCUT2D eigenvalue weighted by atomic mass is 10.1. The molecule has 0 saturated carbocycles. The molecule has 1 heterocycles. The van der Waals surface area contributed by atoms with Gasteiger partial charge in [-0.2, -0.15) is 5.10 Å². The number of nitrogens with zero attached hydrogens (tertiary/aromatic N) is 2. The number of benzene rings is 1. The Morgan fingerprint density at radius 1 is 1.21 bits per heavy atom. The molecule has 1 atom stereocenters. The van der Waals surface area contributed by atoms with E-state index in [0.717, 1.165) is 16.4 Å². The second kappa shape index (κ2) is 5.76. The quantitative estimate of drug-likeness (QED) is 0.918.